The van der Waals surface area contributed by atoms with Crippen molar-refractivity contribution in [3.05, 3.63) is 70.6 Å². The van der Waals surface area contributed by atoms with E-state index in [1.165, 1.54) is 0 Å². The summed E-state index contributed by atoms with van der Waals surface area (Å²) < 4.78 is 0. The summed E-state index contributed by atoms with van der Waals surface area (Å²) in [5, 5.41) is 5.31. The van der Waals surface area contributed by atoms with Gasteiger partial charge in [-0.1, -0.05) is 29.8 Å². The second-order valence-electron chi connectivity index (χ2n) is 5.23. The summed E-state index contributed by atoms with van der Waals surface area (Å²) >= 11 is 7.69. The summed E-state index contributed by atoms with van der Waals surface area (Å²) in [6.45, 7) is 0. The number of H-pyrrole nitrogens is 1. The van der Waals surface area contributed by atoms with Crippen LogP contribution in [0.15, 0.2) is 60.0 Å². The van der Waals surface area contributed by atoms with Crippen LogP contribution >= 0.6 is 22.9 Å². The third-order valence-corrected chi connectivity index (χ3v) is 4.82. The second kappa shape index (κ2) is 6.11. The second-order valence-corrected chi connectivity index (χ2v) is 6.58. The lowest BCUT2D eigenvalue weighted by Gasteiger charge is -2.06. The number of aromatic amines is 1. The Bertz CT molecular complexity index is 1020. The van der Waals surface area contributed by atoms with E-state index >= 15 is 0 Å². The smallest absolute Gasteiger partial charge is 0.257 e. The number of thiophene rings is 1. The first kappa shape index (κ1) is 14.9. The van der Waals surface area contributed by atoms with Gasteiger partial charge in [0.25, 0.3) is 5.91 Å². The lowest BCUT2D eigenvalue weighted by atomic mass is 10.2. The zero-order chi connectivity index (χ0) is 16.5. The fraction of sp³-hybridized carbons (Fsp3) is 0. The lowest BCUT2D eigenvalue weighted by Crippen LogP contribution is -2.12. The molecule has 2 heterocycles. The van der Waals surface area contributed by atoms with Crippen LogP contribution in [0.2, 0.25) is 5.02 Å². The Hall–Kier alpha value is -2.63. The van der Waals surface area contributed by atoms with E-state index in [1.54, 1.807) is 35.6 Å². The van der Waals surface area contributed by atoms with Crippen molar-refractivity contribution in [1.82, 2.24) is 9.97 Å². The van der Waals surface area contributed by atoms with Crippen LogP contribution < -0.4 is 5.32 Å². The van der Waals surface area contributed by atoms with Crippen LogP contribution in [0.1, 0.15) is 10.4 Å². The quantitative estimate of drug-likeness (QED) is 0.532. The van der Waals surface area contributed by atoms with E-state index in [9.17, 15) is 4.79 Å². The maximum atomic E-state index is 12.3. The minimum Gasteiger partial charge on any atom is -0.337 e. The molecule has 0 atom stereocenters. The van der Waals surface area contributed by atoms with Crippen LogP contribution in [0.5, 0.6) is 0 Å². The molecule has 4 nitrogen and oxygen atoms in total. The Morgan fingerprint density at radius 3 is 2.79 bits per heavy atom. The third kappa shape index (κ3) is 2.79. The van der Waals surface area contributed by atoms with Crippen molar-refractivity contribution < 1.29 is 4.79 Å². The van der Waals surface area contributed by atoms with E-state index < -0.39 is 0 Å². The summed E-state index contributed by atoms with van der Waals surface area (Å²) in [6.07, 6.45) is 0. The number of benzene rings is 2. The van der Waals surface area contributed by atoms with Crippen molar-refractivity contribution in [1.29, 1.82) is 0 Å². The molecule has 0 aliphatic rings. The van der Waals surface area contributed by atoms with Gasteiger partial charge in [-0.15, -0.1) is 11.3 Å². The SMILES string of the molecule is O=C(Nc1ccc2nc(-c3cccs3)[nH]c2c1)c1ccccc1Cl. The van der Waals surface area contributed by atoms with E-state index in [-0.39, 0.29) is 5.91 Å². The largest absolute Gasteiger partial charge is 0.337 e. The Balaban J connectivity index is 1.63. The summed E-state index contributed by atoms with van der Waals surface area (Å²) in [7, 11) is 0. The molecule has 0 spiro atoms. The highest BCUT2D eigenvalue weighted by molar-refractivity contribution is 7.13. The predicted molar refractivity (Wildman–Crippen MR) is 98.8 cm³/mol. The topological polar surface area (TPSA) is 57.8 Å². The van der Waals surface area contributed by atoms with Gasteiger partial charge in [0.05, 0.1) is 26.5 Å². The molecule has 0 fully saturated rings. The fourth-order valence-corrected chi connectivity index (χ4v) is 3.35. The predicted octanol–water partition coefficient (Wildman–Crippen LogP) is 5.20. The number of fused-ring (bicyclic) bond motifs is 1. The maximum Gasteiger partial charge on any atom is 0.257 e. The average Bonchev–Trinajstić information content (AvgIpc) is 3.24. The normalized spacial score (nSPS) is 10.9. The van der Waals surface area contributed by atoms with Gasteiger partial charge in [0.1, 0.15) is 5.82 Å². The van der Waals surface area contributed by atoms with Gasteiger partial charge in [0, 0.05) is 5.69 Å². The highest BCUT2D eigenvalue weighted by atomic mass is 35.5. The van der Waals surface area contributed by atoms with E-state index in [0.717, 1.165) is 21.7 Å². The van der Waals surface area contributed by atoms with Gasteiger partial charge in [0.2, 0.25) is 0 Å². The lowest BCUT2D eigenvalue weighted by molar-refractivity contribution is 0.102. The van der Waals surface area contributed by atoms with Gasteiger partial charge in [-0.05, 0) is 41.8 Å². The van der Waals surface area contributed by atoms with Crippen molar-refractivity contribution in [2.75, 3.05) is 5.32 Å². The Morgan fingerprint density at radius 1 is 1.12 bits per heavy atom. The number of anilines is 1. The van der Waals surface area contributed by atoms with E-state index in [2.05, 4.69) is 15.3 Å². The Kier molecular flexibility index (Phi) is 3.80. The number of carbonyl (C=O) groups is 1. The van der Waals surface area contributed by atoms with E-state index in [0.29, 0.717) is 16.3 Å². The van der Waals surface area contributed by atoms with Crippen LogP contribution in [-0.2, 0) is 0 Å². The first-order valence-electron chi connectivity index (χ1n) is 7.30. The molecule has 0 unspecified atom stereocenters. The van der Waals surface area contributed by atoms with Gasteiger partial charge >= 0.3 is 0 Å². The Morgan fingerprint density at radius 2 is 2.00 bits per heavy atom. The molecule has 4 aromatic rings. The summed E-state index contributed by atoms with van der Waals surface area (Å²) in [4.78, 5) is 21.3. The molecule has 0 saturated heterocycles. The molecule has 24 heavy (non-hydrogen) atoms. The molecule has 0 aliphatic heterocycles. The van der Waals surface area contributed by atoms with E-state index in [4.69, 9.17) is 11.6 Å². The number of halogens is 1. The molecule has 0 aliphatic carbocycles. The highest BCUT2D eigenvalue weighted by Gasteiger charge is 2.11. The zero-order valence-electron chi connectivity index (χ0n) is 12.4. The number of nitrogens with one attached hydrogen (secondary N) is 2. The third-order valence-electron chi connectivity index (χ3n) is 3.61. The molecule has 6 heteroatoms. The van der Waals surface area contributed by atoms with Crippen molar-refractivity contribution in [2.45, 2.75) is 0 Å². The van der Waals surface area contributed by atoms with Gasteiger partial charge in [-0.25, -0.2) is 4.98 Å². The number of carbonyl (C=O) groups excluding carboxylic acids is 1. The molecular formula is C18H12ClN3OS. The first-order chi connectivity index (χ1) is 11.7. The first-order valence-corrected chi connectivity index (χ1v) is 8.56. The number of amides is 1. The molecule has 2 aromatic carbocycles. The molecule has 0 saturated carbocycles. The summed E-state index contributed by atoms with van der Waals surface area (Å²) in [5.74, 6) is 0.590. The minimum absolute atomic E-state index is 0.238. The number of imidazole rings is 1. The van der Waals surface area contributed by atoms with Crippen LogP contribution in [0, 0.1) is 0 Å². The van der Waals surface area contributed by atoms with Crippen LogP contribution in [0.4, 0.5) is 5.69 Å². The van der Waals surface area contributed by atoms with Gasteiger partial charge < -0.3 is 10.3 Å². The van der Waals surface area contributed by atoms with Crippen LogP contribution in [0.3, 0.4) is 0 Å². The van der Waals surface area contributed by atoms with Crippen molar-refractivity contribution in [2.24, 2.45) is 0 Å². The number of hydrogen-bond donors (Lipinski definition) is 2. The summed E-state index contributed by atoms with van der Waals surface area (Å²) in [6, 6.07) is 16.6. The molecule has 118 valence electrons. The van der Waals surface area contributed by atoms with Crippen LogP contribution in [-0.4, -0.2) is 15.9 Å². The fourth-order valence-electron chi connectivity index (χ4n) is 2.46. The maximum absolute atomic E-state index is 12.3. The van der Waals surface area contributed by atoms with Crippen LogP contribution in [0.25, 0.3) is 21.7 Å². The molecule has 0 radical (unpaired) electrons. The van der Waals surface area contributed by atoms with Gasteiger partial charge in [0.15, 0.2) is 0 Å². The molecule has 4 rings (SSSR count). The molecule has 0 bridgehead atoms. The number of rotatable bonds is 3. The average molecular weight is 354 g/mol. The molecule has 2 N–H and O–H groups in total. The number of hydrogen-bond acceptors (Lipinski definition) is 3. The minimum atomic E-state index is -0.238. The number of nitrogens with zero attached hydrogens (tertiary/aromatic N) is 1. The zero-order valence-corrected chi connectivity index (χ0v) is 14.0. The van der Waals surface area contributed by atoms with E-state index in [1.807, 2.05) is 35.7 Å². The monoisotopic (exact) mass is 353 g/mol. The molecular weight excluding hydrogens is 342 g/mol. The Labute approximate surface area is 147 Å². The molecule has 1 amide bonds. The summed E-state index contributed by atoms with van der Waals surface area (Å²) in [5.41, 5.74) is 2.86. The van der Waals surface area contributed by atoms with Crippen molar-refractivity contribution >= 4 is 45.6 Å². The number of aromatic nitrogens is 2. The van der Waals surface area contributed by atoms with Gasteiger partial charge in [-0.2, -0.15) is 0 Å². The highest BCUT2D eigenvalue weighted by Crippen LogP contribution is 2.26. The molecule has 2 aromatic heterocycles. The van der Waals surface area contributed by atoms with Crippen molar-refractivity contribution in [3.8, 4) is 10.7 Å². The standard InChI is InChI=1S/C18H12ClN3OS/c19-13-5-2-1-4-12(13)18(23)20-11-7-8-14-15(10-11)22-17(21-14)16-6-3-9-24-16/h1-10H,(H,20,23)(H,21,22). The van der Waals surface area contributed by atoms with Gasteiger partial charge in [-0.3, -0.25) is 4.79 Å². The van der Waals surface area contributed by atoms with Crippen molar-refractivity contribution in [3.63, 3.8) is 0 Å².